The van der Waals surface area contributed by atoms with Gasteiger partial charge in [0, 0.05) is 32.0 Å². The van der Waals surface area contributed by atoms with Crippen molar-refractivity contribution in [1.29, 1.82) is 0 Å². The van der Waals surface area contributed by atoms with Gasteiger partial charge in [-0.3, -0.25) is 4.79 Å². The molecule has 2 aromatic rings. The lowest BCUT2D eigenvalue weighted by Gasteiger charge is -2.50. The predicted molar refractivity (Wildman–Crippen MR) is 99.6 cm³/mol. The number of amides is 1. The summed E-state index contributed by atoms with van der Waals surface area (Å²) in [4.78, 5) is 34.4. The lowest BCUT2D eigenvalue weighted by Crippen LogP contribution is -2.62. The monoisotopic (exact) mass is 428 g/mol. The minimum Gasteiger partial charge on any atom is -0.475 e. The molecule has 2 saturated heterocycles. The van der Waals surface area contributed by atoms with Gasteiger partial charge < -0.3 is 14.9 Å². The Morgan fingerprint density at radius 2 is 1.86 bits per heavy atom. The number of thiophene rings is 1. The van der Waals surface area contributed by atoms with Gasteiger partial charge in [0.05, 0.1) is 12.0 Å². The number of aromatic nitrogens is 2. The third kappa shape index (κ3) is 4.84. The molecule has 2 aliphatic rings. The third-order valence-corrected chi connectivity index (χ3v) is 5.76. The molecule has 0 radical (unpaired) electrons. The maximum Gasteiger partial charge on any atom is 0.490 e. The van der Waals surface area contributed by atoms with Crippen LogP contribution in [0, 0.1) is 0 Å². The highest BCUT2D eigenvalue weighted by Gasteiger charge is 2.51. The number of alkyl halides is 3. The Morgan fingerprint density at radius 1 is 1.21 bits per heavy atom. The molecule has 0 aromatic carbocycles. The molecule has 29 heavy (non-hydrogen) atoms. The number of halogens is 3. The van der Waals surface area contributed by atoms with Gasteiger partial charge in [-0.25, -0.2) is 14.8 Å². The summed E-state index contributed by atoms with van der Waals surface area (Å²) in [5, 5.41) is 11.2. The summed E-state index contributed by atoms with van der Waals surface area (Å²) in [6, 6.07) is 3.86. The first-order valence-corrected chi connectivity index (χ1v) is 9.79. The van der Waals surface area contributed by atoms with Gasteiger partial charge in [0.15, 0.2) is 0 Å². The highest BCUT2D eigenvalue weighted by Crippen LogP contribution is 2.41. The van der Waals surface area contributed by atoms with Crippen molar-refractivity contribution < 1.29 is 27.9 Å². The SMILES string of the molecule is O=C(Cc1ccsc1)N1CCC2(CCN2c2ncccn2)C1.O=C(O)C(F)(F)F. The van der Waals surface area contributed by atoms with Crippen LogP contribution in [0.1, 0.15) is 18.4 Å². The number of carbonyl (C=O) groups excluding carboxylic acids is 1. The third-order valence-electron chi connectivity index (χ3n) is 5.03. The van der Waals surface area contributed by atoms with E-state index in [2.05, 4.69) is 20.2 Å². The summed E-state index contributed by atoms with van der Waals surface area (Å²) < 4.78 is 31.7. The van der Waals surface area contributed by atoms with Crippen molar-refractivity contribution in [3.63, 3.8) is 0 Å². The molecule has 0 saturated carbocycles. The van der Waals surface area contributed by atoms with Gasteiger partial charge in [-0.05, 0) is 41.3 Å². The maximum atomic E-state index is 12.5. The summed E-state index contributed by atoms with van der Waals surface area (Å²) in [5.41, 5.74) is 1.18. The van der Waals surface area contributed by atoms with E-state index in [-0.39, 0.29) is 11.4 Å². The van der Waals surface area contributed by atoms with Gasteiger partial charge in [0.1, 0.15) is 0 Å². The molecule has 4 heterocycles. The summed E-state index contributed by atoms with van der Waals surface area (Å²) in [7, 11) is 0. The van der Waals surface area contributed by atoms with Crippen LogP contribution in [0.15, 0.2) is 35.3 Å². The lowest BCUT2D eigenvalue weighted by molar-refractivity contribution is -0.192. The van der Waals surface area contributed by atoms with E-state index in [0.29, 0.717) is 6.42 Å². The van der Waals surface area contributed by atoms with Gasteiger partial charge in [-0.2, -0.15) is 24.5 Å². The Bertz CT molecular complexity index is 848. The second-order valence-corrected chi connectivity index (χ2v) is 7.63. The molecule has 1 atom stereocenters. The van der Waals surface area contributed by atoms with E-state index in [0.717, 1.165) is 44.0 Å². The van der Waals surface area contributed by atoms with Crippen LogP contribution in [0.4, 0.5) is 19.1 Å². The van der Waals surface area contributed by atoms with Crippen molar-refractivity contribution in [1.82, 2.24) is 14.9 Å². The molecule has 4 rings (SSSR count). The number of carboxylic acids is 1. The number of rotatable bonds is 3. The molecule has 1 N–H and O–H groups in total. The maximum absolute atomic E-state index is 12.5. The summed E-state index contributed by atoms with van der Waals surface area (Å²) in [6.45, 7) is 2.62. The van der Waals surface area contributed by atoms with E-state index in [1.54, 1.807) is 23.7 Å². The standard InChI is InChI=1S/C16H18N4OS.C2HF3O2/c21-14(10-13-2-9-22-11-13)19-7-3-16(12-19)4-8-20(16)15-17-5-1-6-18-15;3-2(4,5)1(6)7/h1-2,5-6,9,11H,3-4,7-8,10,12H2;(H,6,7). The molecule has 156 valence electrons. The van der Waals surface area contributed by atoms with Crippen molar-refractivity contribution >= 4 is 29.2 Å². The number of carboxylic acid groups (broad SMARTS) is 1. The Labute approximate surface area is 168 Å². The number of nitrogens with zero attached hydrogens (tertiary/aromatic N) is 4. The van der Waals surface area contributed by atoms with Crippen LogP contribution in [0.2, 0.25) is 0 Å². The van der Waals surface area contributed by atoms with E-state index < -0.39 is 12.1 Å². The van der Waals surface area contributed by atoms with Crippen LogP contribution in [0.3, 0.4) is 0 Å². The Hall–Kier alpha value is -2.69. The Kier molecular flexibility index (Phi) is 6.06. The van der Waals surface area contributed by atoms with Crippen molar-refractivity contribution in [2.75, 3.05) is 24.5 Å². The zero-order valence-electron chi connectivity index (χ0n) is 15.3. The zero-order valence-corrected chi connectivity index (χ0v) is 16.1. The first-order valence-electron chi connectivity index (χ1n) is 8.85. The van der Waals surface area contributed by atoms with Crippen LogP contribution >= 0.6 is 11.3 Å². The van der Waals surface area contributed by atoms with Crippen LogP contribution in [-0.4, -0.2) is 63.2 Å². The molecule has 1 amide bonds. The smallest absolute Gasteiger partial charge is 0.475 e. The highest BCUT2D eigenvalue weighted by molar-refractivity contribution is 7.08. The highest BCUT2D eigenvalue weighted by atomic mass is 32.1. The molecule has 2 aliphatic heterocycles. The summed E-state index contributed by atoms with van der Waals surface area (Å²) in [6.07, 6.45) is 1.13. The minimum atomic E-state index is -5.08. The van der Waals surface area contributed by atoms with Gasteiger partial charge in [-0.1, -0.05) is 0 Å². The van der Waals surface area contributed by atoms with E-state index in [1.165, 1.54) is 0 Å². The Balaban J connectivity index is 0.000000298. The fourth-order valence-electron chi connectivity index (χ4n) is 3.46. The molecule has 2 fully saturated rings. The number of carbonyl (C=O) groups is 2. The first kappa shape index (κ1) is 21.0. The fourth-order valence-corrected chi connectivity index (χ4v) is 4.12. The quantitative estimate of drug-likeness (QED) is 0.809. The predicted octanol–water partition coefficient (Wildman–Crippen LogP) is 2.60. The van der Waals surface area contributed by atoms with E-state index >= 15 is 0 Å². The van der Waals surface area contributed by atoms with Gasteiger partial charge in [0.2, 0.25) is 11.9 Å². The molecule has 1 spiro atoms. The van der Waals surface area contributed by atoms with Gasteiger partial charge >= 0.3 is 12.1 Å². The largest absolute Gasteiger partial charge is 0.490 e. The van der Waals surface area contributed by atoms with Gasteiger partial charge in [0.25, 0.3) is 0 Å². The molecular formula is C18H19F3N4O3S. The Morgan fingerprint density at radius 3 is 2.38 bits per heavy atom. The number of likely N-dealkylation sites (tertiary alicyclic amines) is 1. The number of hydrogen-bond donors (Lipinski definition) is 1. The van der Waals surface area contributed by atoms with Crippen molar-refractivity contribution in [3.05, 3.63) is 40.8 Å². The second-order valence-electron chi connectivity index (χ2n) is 6.85. The normalized spacial score (nSPS) is 20.8. The lowest BCUT2D eigenvalue weighted by atomic mass is 9.84. The number of hydrogen-bond acceptors (Lipinski definition) is 6. The molecule has 0 bridgehead atoms. The fraction of sp³-hybridized carbons (Fsp3) is 0.444. The molecule has 0 aliphatic carbocycles. The molecule has 7 nitrogen and oxygen atoms in total. The second kappa shape index (κ2) is 8.36. The molecule has 11 heteroatoms. The molecule has 1 unspecified atom stereocenters. The number of anilines is 1. The minimum absolute atomic E-state index is 0.0612. The van der Waals surface area contributed by atoms with Crippen molar-refractivity contribution in [2.45, 2.75) is 31.0 Å². The van der Waals surface area contributed by atoms with Crippen LogP contribution in [0.25, 0.3) is 0 Å². The summed E-state index contributed by atoms with van der Waals surface area (Å²) in [5.74, 6) is -1.73. The van der Waals surface area contributed by atoms with Crippen LogP contribution < -0.4 is 4.90 Å². The zero-order chi connectivity index (χ0) is 21.1. The topological polar surface area (TPSA) is 86.6 Å². The molecule has 2 aromatic heterocycles. The van der Waals surface area contributed by atoms with Crippen LogP contribution in [0.5, 0.6) is 0 Å². The van der Waals surface area contributed by atoms with E-state index in [4.69, 9.17) is 9.90 Å². The molecular weight excluding hydrogens is 409 g/mol. The summed E-state index contributed by atoms with van der Waals surface area (Å²) >= 11 is 1.64. The van der Waals surface area contributed by atoms with Crippen LogP contribution in [-0.2, 0) is 16.0 Å². The average molecular weight is 428 g/mol. The van der Waals surface area contributed by atoms with E-state index in [1.807, 2.05) is 22.4 Å². The van der Waals surface area contributed by atoms with Gasteiger partial charge in [-0.15, -0.1) is 0 Å². The average Bonchev–Trinajstić information content (AvgIpc) is 3.32. The number of aliphatic carboxylic acids is 1. The van der Waals surface area contributed by atoms with E-state index in [9.17, 15) is 18.0 Å². The first-order chi connectivity index (χ1) is 13.7. The van der Waals surface area contributed by atoms with Crippen molar-refractivity contribution in [3.8, 4) is 0 Å². The van der Waals surface area contributed by atoms with Crippen molar-refractivity contribution in [2.24, 2.45) is 0 Å².